The molecule has 1 N–H and O–H groups in total. The van der Waals surface area contributed by atoms with E-state index >= 15 is 0 Å². The van der Waals surface area contributed by atoms with Crippen LogP contribution in [0.25, 0.3) is 0 Å². The lowest BCUT2D eigenvalue weighted by molar-refractivity contribution is 0.168. The molecule has 3 nitrogen and oxygen atoms in total. The predicted octanol–water partition coefficient (Wildman–Crippen LogP) is 2.56. The van der Waals surface area contributed by atoms with E-state index in [2.05, 4.69) is 25.1 Å². The largest absolute Gasteiger partial charge is 0.411 e. The van der Waals surface area contributed by atoms with E-state index in [0.717, 1.165) is 18.6 Å². The SMILES string of the molecule is C[C@]12CC[C@@H](C/C1=N\O)[C@@]2(C)CC#N. The molecule has 76 valence electrons. The molecule has 0 saturated heterocycles. The zero-order valence-electron chi connectivity index (χ0n) is 8.75. The molecule has 0 heterocycles. The molecule has 0 aliphatic heterocycles. The molecule has 0 aromatic heterocycles. The van der Waals surface area contributed by atoms with Gasteiger partial charge in [-0.1, -0.05) is 19.0 Å². The van der Waals surface area contributed by atoms with E-state index in [1.54, 1.807) is 0 Å². The van der Waals surface area contributed by atoms with Crippen molar-refractivity contribution in [3.8, 4) is 6.07 Å². The van der Waals surface area contributed by atoms with Crippen molar-refractivity contribution >= 4 is 5.71 Å². The minimum absolute atomic E-state index is 0.0311. The molecule has 2 fully saturated rings. The summed E-state index contributed by atoms with van der Waals surface area (Å²) in [6.07, 6.45) is 3.70. The highest BCUT2D eigenvalue weighted by Crippen LogP contribution is 2.65. The fraction of sp³-hybridized carbons (Fsp3) is 0.818. The van der Waals surface area contributed by atoms with Crippen LogP contribution in [0.2, 0.25) is 0 Å². The predicted molar refractivity (Wildman–Crippen MR) is 53.0 cm³/mol. The summed E-state index contributed by atoms with van der Waals surface area (Å²) in [5.41, 5.74) is 0.900. The topological polar surface area (TPSA) is 56.4 Å². The average Bonchev–Trinajstić information content (AvgIpc) is 2.51. The Kier molecular flexibility index (Phi) is 1.85. The minimum atomic E-state index is -0.0395. The molecule has 14 heavy (non-hydrogen) atoms. The quantitative estimate of drug-likeness (QED) is 0.512. The van der Waals surface area contributed by atoms with Gasteiger partial charge in [-0.05, 0) is 30.6 Å². The van der Waals surface area contributed by atoms with Crippen LogP contribution in [-0.2, 0) is 0 Å². The van der Waals surface area contributed by atoms with Gasteiger partial charge in [0.1, 0.15) is 0 Å². The molecule has 0 aromatic rings. The van der Waals surface area contributed by atoms with E-state index in [1.807, 2.05) is 0 Å². The maximum absolute atomic E-state index is 8.96. The molecular formula is C11H16N2O. The van der Waals surface area contributed by atoms with Gasteiger partial charge in [-0.2, -0.15) is 5.26 Å². The van der Waals surface area contributed by atoms with Crippen molar-refractivity contribution in [3.63, 3.8) is 0 Å². The van der Waals surface area contributed by atoms with Crippen molar-refractivity contribution in [2.45, 2.75) is 39.5 Å². The van der Waals surface area contributed by atoms with Gasteiger partial charge < -0.3 is 5.21 Å². The summed E-state index contributed by atoms with van der Waals surface area (Å²) in [5, 5.41) is 21.3. The summed E-state index contributed by atoms with van der Waals surface area (Å²) in [4.78, 5) is 0. The maximum atomic E-state index is 8.96. The third-order valence-electron chi connectivity index (χ3n) is 4.80. The molecule has 0 unspecified atom stereocenters. The Labute approximate surface area is 84.4 Å². The highest BCUT2D eigenvalue weighted by Gasteiger charge is 2.62. The fourth-order valence-corrected chi connectivity index (χ4v) is 3.43. The molecule has 0 amide bonds. The number of hydrogen-bond donors (Lipinski definition) is 1. The summed E-state index contributed by atoms with van der Waals surface area (Å²) < 4.78 is 0. The number of hydrogen-bond acceptors (Lipinski definition) is 3. The molecule has 0 aromatic carbocycles. The maximum Gasteiger partial charge on any atom is 0.0638 e. The summed E-state index contributed by atoms with van der Waals surface area (Å²) in [5.74, 6) is 0.540. The zero-order valence-corrected chi connectivity index (χ0v) is 8.75. The Morgan fingerprint density at radius 3 is 2.86 bits per heavy atom. The van der Waals surface area contributed by atoms with Crippen molar-refractivity contribution in [1.82, 2.24) is 0 Å². The van der Waals surface area contributed by atoms with Crippen molar-refractivity contribution in [3.05, 3.63) is 0 Å². The molecule has 0 spiro atoms. The lowest BCUT2D eigenvalue weighted by Crippen LogP contribution is -2.34. The summed E-state index contributed by atoms with van der Waals surface area (Å²) in [6.45, 7) is 4.32. The number of fused-ring (bicyclic) bond motifs is 2. The fourth-order valence-electron chi connectivity index (χ4n) is 3.43. The van der Waals surface area contributed by atoms with Crippen LogP contribution >= 0.6 is 0 Å². The van der Waals surface area contributed by atoms with Crippen molar-refractivity contribution in [2.24, 2.45) is 21.9 Å². The molecule has 2 aliphatic carbocycles. The molecule has 2 rings (SSSR count). The van der Waals surface area contributed by atoms with Gasteiger partial charge in [0.15, 0.2) is 0 Å². The van der Waals surface area contributed by atoms with Gasteiger partial charge in [0.25, 0.3) is 0 Å². The van der Waals surface area contributed by atoms with E-state index in [4.69, 9.17) is 10.5 Å². The summed E-state index contributed by atoms with van der Waals surface area (Å²) in [6, 6.07) is 2.28. The second-order valence-corrected chi connectivity index (χ2v) is 5.07. The van der Waals surface area contributed by atoms with E-state index in [1.165, 1.54) is 6.42 Å². The third kappa shape index (κ3) is 0.841. The van der Waals surface area contributed by atoms with E-state index in [9.17, 15) is 0 Å². The van der Waals surface area contributed by atoms with Crippen LogP contribution in [-0.4, -0.2) is 10.9 Å². The second kappa shape index (κ2) is 2.73. The van der Waals surface area contributed by atoms with Gasteiger partial charge in [0.2, 0.25) is 0 Å². The van der Waals surface area contributed by atoms with E-state index in [0.29, 0.717) is 12.3 Å². The van der Waals surface area contributed by atoms with Crippen molar-refractivity contribution in [2.75, 3.05) is 0 Å². The van der Waals surface area contributed by atoms with E-state index < -0.39 is 0 Å². The molecule has 2 saturated carbocycles. The van der Waals surface area contributed by atoms with Crippen molar-refractivity contribution in [1.29, 1.82) is 5.26 Å². The minimum Gasteiger partial charge on any atom is -0.411 e. The standard InChI is InChI=1S/C11H16N2O/c1-10(5-6-12)8-3-4-11(10,2)9(7-8)13-14/h8,14H,3-5,7H2,1-2H3/b13-9+/t8-,10+,11-/m0/s1. The molecule has 2 aliphatic rings. The van der Waals surface area contributed by atoms with Gasteiger partial charge >= 0.3 is 0 Å². The number of rotatable bonds is 1. The Hall–Kier alpha value is -1.04. The lowest BCUT2D eigenvalue weighted by Gasteiger charge is -2.35. The monoisotopic (exact) mass is 192 g/mol. The van der Waals surface area contributed by atoms with Gasteiger partial charge in [0, 0.05) is 11.8 Å². The Morgan fingerprint density at radius 1 is 1.64 bits per heavy atom. The zero-order chi connectivity index (χ0) is 10.4. The van der Waals surface area contributed by atoms with Gasteiger partial charge in [-0.15, -0.1) is 0 Å². The number of nitriles is 1. The van der Waals surface area contributed by atoms with Crippen LogP contribution in [0, 0.1) is 28.1 Å². The lowest BCUT2D eigenvalue weighted by atomic mass is 9.67. The number of oxime groups is 1. The first kappa shape index (κ1) is 9.51. The third-order valence-corrected chi connectivity index (χ3v) is 4.80. The molecule has 0 radical (unpaired) electrons. The highest BCUT2D eigenvalue weighted by atomic mass is 16.4. The van der Waals surface area contributed by atoms with Gasteiger partial charge in [-0.3, -0.25) is 0 Å². The summed E-state index contributed by atoms with van der Waals surface area (Å²) >= 11 is 0. The normalized spacial score (nSPS) is 48.4. The van der Waals surface area contributed by atoms with Crippen LogP contribution in [0.3, 0.4) is 0 Å². The molecule has 3 heteroatoms. The Balaban J connectivity index is 2.43. The van der Waals surface area contributed by atoms with Crippen LogP contribution in [0.5, 0.6) is 0 Å². The van der Waals surface area contributed by atoms with Crippen LogP contribution < -0.4 is 0 Å². The van der Waals surface area contributed by atoms with Crippen LogP contribution in [0.1, 0.15) is 39.5 Å². The number of nitrogens with zero attached hydrogens (tertiary/aromatic N) is 2. The Bertz CT molecular complexity index is 331. The molecular weight excluding hydrogens is 176 g/mol. The first-order valence-electron chi connectivity index (χ1n) is 5.17. The average molecular weight is 192 g/mol. The molecule has 2 bridgehead atoms. The van der Waals surface area contributed by atoms with Crippen molar-refractivity contribution < 1.29 is 5.21 Å². The van der Waals surface area contributed by atoms with Crippen LogP contribution in [0.4, 0.5) is 0 Å². The van der Waals surface area contributed by atoms with Gasteiger partial charge in [0.05, 0.1) is 11.8 Å². The van der Waals surface area contributed by atoms with Gasteiger partial charge in [-0.25, -0.2) is 0 Å². The second-order valence-electron chi connectivity index (χ2n) is 5.07. The first-order chi connectivity index (χ1) is 6.58. The first-order valence-corrected chi connectivity index (χ1v) is 5.17. The highest BCUT2D eigenvalue weighted by molar-refractivity contribution is 5.93. The van der Waals surface area contributed by atoms with E-state index in [-0.39, 0.29) is 10.8 Å². The summed E-state index contributed by atoms with van der Waals surface area (Å²) in [7, 11) is 0. The molecule has 3 atom stereocenters. The van der Waals surface area contributed by atoms with Crippen LogP contribution in [0.15, 0.2) is 5.16 Å². The smallest absolute Gasteiger partial charge is 0.0638 e. The Morgan fingerprint density at radius 2 is 2.36 bits per heavy atom.